The first-order valence-corrected chi connectivity index (χ1v) is 3.20. The fourth-order valence-corrected chi connectivity index (χ4v) is 1.64. The third-order valence-corrected chi connectivity index (χ3v) is 2.34. The summed E-state index contributed by atoms with van der Waals surface area (Å²) in [7, 11) is 0. The quantitative estimate of drug-likeness (QED) is 0.470. The topological polar surface area (TPSA) is 12.0 Å². The molecule has 0 aromatic heterocycles. The van der Waals surface area contributed by atoms with Crippen molar-refractivity contribution in [3.8, 4) is 0 Å². The Morgan fingerprint density at radius 1 is 1.14 bits per heavy atom. The van der Waals surface area contributed by atoms with E-state index in [0.29, 0.717) is 0 Å². The van der Waals surface area contributed by atoms with Gasteiger partial charge in [-0.3, -0.25) is 0 Å². The lowest BCUT2D eigenvalue weighted by Crippen LogP contribution is -2.34. The molecule has 2 fully saturated rings. The number of hydrogen-bond acceptors (Lipinski definition) is 1. The summed E-state index contributed by atoms with van der Waals surface area (Å²) in [5, 5.41) is 3.46. The van der Waals surface area contributed by atoms with Crippen LogP contribution in [0.3, 0.4) is 0 Å². The summed E-state index contributed by atoms with van der Waals surface area (Å²) in [5.41, 5.74) is 0. The fourth-order valence-electron chi connectivity index (χ4n) is 1.64. The van der Waals surface area contributed by atoms with Gasteiger partial charge in [0.05, 0.1) is 0 Å². The Hall–Kier alpha value is -0.0400. The Kier molecular flexibility index (Phi) is 0.680. The summed E-state index contributed by atoms with van der Waals surface area (Å²) in [4.78, 5) is 0. The Morgan fingerprint density at radius 3 is 2.43 bits per heavy atom. The van der Waals surface area contributed by atoms with Gasteiger partial charge < -0.3 is 5.32 Å². The first kappa shape index (κ1) is 3.90. The lowest BCUT2D eigenvalue weighted by Gasteiger charge is -2.29. The zero-order valence-corrected chi connectivity index (χ0v) is 4.48. The third-order valence-electron chi connectivity index (χ3n) is 2.34. The molecule has 0 aromatic carbocycles. The Labute approximate surface area is 44.1 Å². The van der Waals surface area contributed by atoms with E-state index in [-0.39, 0.29) is 0 Å². The van der Waals surface area contributed by atoms with E-state index < -0.39 is 0 Å². The van der Waals surface area contributed by atoms with E-state index in [0.717, 1.165) is 12.0 Å². The minimum atomic E-state index is 0.944. The van der Waals surface area contributed by atoms with E-state index in [2.05, 4.69) is 5.32 Å². The number of fused-ring (bicyclic) bond motifs is 1. The molecule has 1 heteroatoms. The van der Waals surface area contributed by atoms with Crippen molar-refractivity contribution in [1.29, 1.82) is 0 Å². The molecule has 1 saturated carbocycles. The Bertz CT molecular complexity index is 70.2. The normalized spacial score (nSPS) is 48.0. The highest BCUT2D eigenvalue weighted by Crippen LogP contribution is 2.33. The van der Waals surface area contributed by atoms with Crippen molar-refractivity contribution < 1.29 is 0 Å². The Balaban J connectivity index is 2.03. The standard InChI is InChI=1S/C6H11N/c1-2-6-5(1)3-4-7-6/h5-7H,1-4H2/t5-,6-/m0/s1. The maximum Gasteiger partial charge on any atom is 0.00959 e. The van der Waals surface area contributed by atoms with Gasteiger partial charge in [0.25, 0.3) is 0 Å². The minimum absolute atomic E-state index is 0.944. The average Bonchev–Trinajstić information content (AvgIpc) is 1.85. The molecule has 2 atom stereocenters. The summed E-state index contributed by atoms with van der Waals surface area (Å²) < 4.78 is 0. The van der Waals surface area contributed by atoms with Gasteiger partial charge in [0.15, 0.2) is 0 Å². The molecular formula is C6H11N. The average molecular weight is 97.2 g/mol. The molecule has 2 rings (SSSR count). The van der Waals surface area contributed by atoms with Crippen LogP contribution >= 0.6 is 0 Å². The highest BCUT2D eigenvalue weighted by Gasteiger charge is 2.33. The van der Waals surface area contributed by atoms with Crippen LogP contribution in [-0.2, 0) is 0 Å². The van der Waals surface area contributed by atoms with E-state index in [1.807, 2.05) is 0 Å². The van der Waals surface area contributed by atoms with Gasteiger partial charge in [0, 0.05) is 6.04 Å². The number of nitrogens with one attached hydrogen (secondary N) is 1. The molecule has 1 nitrogen and oxygen atoms in total. The lowest BCUT2D eigenvalue weighted by molar-refractivity contribution is 0.276. The summed E-state index contributed by atoms with van der Waals surface area (Å²) in [6.07, 6.45) is 4.40. The molecule has 0 radical (unpaired) electrons. The fraction of sp³-hybridized carbons (Fsp3) is 1.00. The van der Waals surface area contributed by atoms with Crippen LogP contribution in [-0.4, -0.2) is 12.6 Å². The van der Waals surface area contributed by atoms with Crippen molar-refractivity contribution in [2.45, 2.75) is 25.3 Å². The van der Waals surface area contributed by atoms with E-state index >= 15 is 0 Å². The highest BCUT2D eigenvalue weighted by molar-refractivity contribution is 4.91. The van der Waals surface area contributed by atoms with Gasteiger partial charge in [-0.15, -0.1) is 0 Å². The first-order valence-electron chi connectivity index (χ1n) is 3.20. The van der Waals surface area contributed by atoms with Crippen LogP contribution in [0.2, 0.25) is 0 Å². The van der Waals surface area contributed by atoms with Crippen LogP contribution < -0.4 is 5.32 Å². The van der Waals surface area contributed by atoms with Crippen LogP contribution in [0.5, 0.6) is 0 Å². The molecule has 2 aliphatic rings. The van der Waals surface area contributed by atoms with Crippen LogP contribution in [0.4, 0.5) is 0 Å². The second-order valence-corrected chi connectivity index (χ2v) is 2.69. The second-order valence-electron chi connectivity index (χ2n) is 2.69. The first-order chi connectivity index (χ1) is 3.47. The van der Waals surface area contributed by atoms with E-state index in [4.69, 9.17) is 0 Å². The lowest BCUT2D eigenvalue weighted by atomic mass is 9.81. The summed E-state index contributed by atoms with van der Waals surface area (Å²) in [5.74, 6) is 1.08. The van der Waals surface area contributed by atoms with Crippen molar-refractivity contribution in [3.63, 3.8) is 0 Å². The molecule has 0 spiro atoms. The predicted molar refractivity (Wildman–Crippen MR) is 29.1 cm³/mol. The van der Waals surface area contributed by atoms with Crippen LogP contribution in [0, 0.1) is 5.92 Å². The molecule has 1 aliphatic carbocycles. The maximum atomic E-state index is 3.46. The predicted octanol–water partition coefficient (Wildman–Crippen LogP) is 0.758. The molecule has 0 unspecified atom stereocenters. The molecule has 1 N–H and O–H groups in total. The summed E-state index contributed by atoms with van der Waals surface area (Å²) in [6.45, 7) is 1.29. The molecular weight excluding hydrogens is 86.1 g/mol. The van der Waals surface area contributed by atoms with Crippen LogP contribution in [0.15, 0.2) is 0 Å². The van der Waals surface area contributed by atoms with Gasteiger partial charge in [-0.05, 0) is 31.7 Å². The van der Waals surface area contributed by atoms with Crippen molar-refractivity contribution in [2.75, 3.05) is 6.54 Å². The smallest absolute Gasteiger partial charge is 0.00959 e. The van der Waals surface area contributed by atoms with Gasteiger partial charge >= 0.3 is 0 Å². The van der Waals surface area contributed by atoms with Crippen molar-refractivity contribution in [3.05, 3.63) is 0 Å². The molecule has 40 valence electrons. The van der Waals surface area contributed by atoms with Crippen molar-refractivity contribution in [2.24, 2.45) is 5.92 Å². The molecule has 0 amide bonds. The third kappa shape index (κ3) is 0.418. The van der Waals surface area contributed by atoms with Crippen molar-refractivity contribution in [1.82, 2.24) is 5.32 Å². The Morgan fingerprint density at radius 2 is 2.14 bits per heavy atom. The summed E-state index contributed by atoms with van der Waals surface area (Å²) >= 11 is 0. The van der Waals surface area contributed by atoms with Gasteiger partial charge in [-0.2, -0.15) is 0 Å². The second kappa shape index (κ2) is 1.22. The molecule has 1 saturated heterocycles. The zero-order valence-electron chi connectivity index (χ0n) is 4.48. The minimum Gasteiger partial charge on any atom is -0.314 e. The number of rotatable bonds is 0. The molecule has 0 aromatic rings. The van der Waals surface area contributed by atoms with E-state index in [1.165, 1.54) is 25.8 Å². The maximum absolute atomic E-state index is 3.46. The molecule has 0 bridgehead atoms. The van der Waals surface area contributed by atoms with Gasteiger partial charge in [-0.1, -0.05) is 0 Å². The zero-order chi connectivity index (χ0) is 4.69. The van der Waals surface area contributed by atoms with Crippen molar-refractivity contribution >= 4 is 0 Å². The van der Waals surface area contributed by atoms with Gasteiger partial charge in [0.1, 0.15) is 0 Å². The van der Waals surface area contributed by atoms with Gasteiger partial charge in [-0.25, -0.2) is 0 Å². The van der Waals surface area contributed by atoms with Crippen LogP contribution in [0.25, 0.3) is 0 Å². The monoisotopic (exact) mass is 97.1 g/mol. The summed E-state index contributed by atoms with van der Waals surface area (Å²) in [6, 6.07) is 0.944. The van der Waals surface area contributed by atoms with Gasteiger partial charge in [0.2, 0.25) is 0 Å². The molecule has 1 aliphatic heterocycles. The van der Waals surface area contributed by atoms with E-state index in [9.17, 15) is 0 Å². The number of hydrogen-bond donors (Lipinski definition) is 1. The molecule has 7 heavy (non-hydrogen) atoms. The largest absolute Gasteiger partial charge is 0.314 e. The highest BCUT2D eigenvalue weighted by atomic mass is 15.0. The molecule has 1 heterocycles. The SMILES string of the molecule is C1C[C@@H]2CC[C@@H]2N1. The van der Waals surface area contributed by atoms with E-state index in [1.54, 1.807) is 0 Å². The van der Waals surface area contributed by atoms with Crippen LogP contribution in [0.1, 0.15) is 19.3 Å².